The number of nitrogens with zero attached hydrogens (tertiary/aromatic N) is 4. The lowest BCUT2D eigenvalue weighted by Gasteiger charge is -2.36. The molecule has 3 heterocycles. The number of likely N-dealkylation sites (tertiary alicyclic amines) is 1. The summed E-state index contributed by atoms with van der Waals surface area (Å²) in [5, 5.41) is 2.73. The lowest BCUT2D eigenvalue weighted by Crippen LogP contribution is -2.52. The third kappa shape index (κ3) is 8.26. The molecule has 6 rings (SSSR count). The molecule has 2 amide bonds. The van der Waals surface area contributed by atoms with Crippen molar-refractivity contribution in [1.82, 2.24) is 20.1 Å². The molecule has 0 bridgehead atoms. The summed E-state index contributed by atoms with van der Waals surface area (Å²) in [5.74, 6) is -0.656. The number of pyridine rings is 1. The molecule has 1 aromatic heterocycles. The van der Waals surface area contributed by atoms with Crippen LogP contribution < -0.4 is 15.0 Å². The number of amides is 2. The Balaban J connectivity index is 0.947. The van der Waals surface area contributed by atoms with E-state index in [0.717, 1.165) is 24.1 Å². The van der Waals surface area contributed by atoms with Gasteiger partial charge in [-0.05, 0) is 73.4 Å². The Morgan fingerprint density at radius 3 is 2.13 bits per heavy atom. The van der Waals surface area contributed by atoms with Crippen LogP contribution in [0, 0.1) is 5.92 Å². The smallest absolute Gasteiger partial charge is 0.406 e. The van der Waals surface area contributed by atoms with Gasteiger partial charge in [-0.25, -0.2) is 4.39 Å². The van der Waals surface area contributed by atoms with Gasteiger partial charge >= 0.3 is 6.36 Å². The van der Waals surface area contributed by atoms with Crippen LogP contribution in [0.25, 0.3) is 0 Å². The fraction of sp³-hybridized carbons (Fsp3) is 0.412. The van der Waals surface area contributed by atoms with Crippen LogP contribution in [0.1, 0.15) is 56.0 Å². The summed E-state index contributed by atoms with van der Waals surface area (Å²) in [4.78, 5) is 48.2. The number of benzene rings is 2. The summed E-state index contributed by atoms with van der Waals surface area (Å²) in [7, 11) is 0. The topological polar surface area (TPSA) is 95.1 Å². The van der Waals surface area contributed by atoms with E-state index >= 15 is 4.39 Å². The number of Topliss-reactive ketones (excluding diaryl/α,β-unsaturated/α-hetero) is 1. The molecule has 0 spiro atoms. The number of hydrogen-bond donors (Lipinski definition) is 1. The fourth-order valence-electron chi connectivity index (χ4n) is 5.98. The van der Waals surface area contributed by atoms with E-state index in [1.807, 2.05) is 29.2 Å². The predicted molar refractivity (Wildman–Crippen MR) is 165 cm³/mol. The van der Waals surface area contributed by atoms with E-state index in [4.69, 9.17) is 0 Å². The minimum Gasteiger partial charge on any atom is -0.406 e. The highest BCUT2D eigenvalue weighted by Gasteiger charge is 2.33. The second-order valence-electron chi connectivity index (χ2n) is 12.2. The molecule has 0 radical (unpaired) electrons. The van der Waals surface area contributed by atoms with Crippen LogP contribution >= 0.6 is 0 Å². The zero-order chi connectivity index (χ0) is 33.1. The number of hydrogen-bond acceptors (Lipinski definition) is 7. The van der Waals surface area contributed by atoms with E-state index < -0.39 is 24.5 Å². The average molecular weight is 654 g/mol. The first kappa shape index (κ1) is 32.4. The molecule has 2 aliphatic heterocycles. The molecule has 9 nitrogen and oxygen atoms in total. The van der Waals surface area contributed by atoms with Crippen molar-refractivity contribution in [2.45, 2.75) is 44.4 Å². The van der Waals surface area contributed by atoms with Crippen LogP contribution in [0.15, 0.2) is 66.9 Å². The molecule has 2 saturated heterocycles. The van der Waals surface area contributed by atoms with Crippen LogP contribution in [0.4, 0.5) is 23.2 Å². The van der Waals surface area contributed by atoms with Gasteiger partial charge in [0.15, 0.2) is 5.78 Å². The summed E-state index contributed by atoms with van der Waals surface area (Å²) in [6, 6.07) is 15.4. The standard InChI is InChI=1S/C34H35F4N5O4/c35-28-21-41(20-22-1-10-27(11-2-22)47-34(36,37)38)14-13-29(28)40-32(45)25-7-12-30(39-19-25)33(46)43-17-15-42(16-18-43)26-8-5-24(6-9-26)31(44)23-3-4-23/h1-2,5-12,19,23,28-29H,3-4,13-18,20-21H2,(H,40,45)/t28-,29-/m1/s1. The van der Waals surface area contributed by atoms with Gasteiger partial charge in [0.05, 0.1) is 11.6 Å². The maximum atomic E-state index is 15.0. The van der Waals surface area contributed by atoms with E-state index in [2.05, 4.69) is 19.9 Å². The maximum absolute atomic E-state index is 15.0. The fourth-order valence-corrected chi connectivity index (χ4v) is 5.98. The van der Waals surface area contributed by atoms with Gasteiger partial charge in [0.1, 0.15) is 17.6 Å². The lowest BCUT2D eigenvalue weighted by atomic mass is 10.0. The van der Waals surface area contributed by atoms with Crippen molar-refractivity contribution in [2.24, 2.45) is 5.92 Å². The van der Waals surface area contributed by atoms with Crippen LogP contribution in [0.3, 0.4) is 0 Å². The Kier molecular flexibility index (Phi) is 9.44. The normalized spacial score (nSPS) is 20.5. The molecule has 248 valence electrons. The van der Waals surface area contributed by atoms with Crippen molar-refractivity contribution < 1.29 is 36.7 Å². The highest BCUT2D eigenvalue weighted by atomic mass is 19.4. The SMILES string of the molecule is O=C(N[C@@H]1CCN(Cc2ccc(OC(F)(F)F)cc2)C[C@H]1F)c1ccc(C(=O)N2CCN(c3ccc(C(=O)C4CC4)cc3)CC2)nc1. The second-order valence-corrected chi connectivity index (χ2v) is 12.2. The Morgan fingerprint density at radius 1 is 0.851 bits per heavy atom. The van der Waals surface area contributed by atoms with Crippen molar-refractivity contribution in [2.75, 3.05) is 44.2 Å². The van der Waals surface area contributed by atoms with E-state index in [9.17, 15) is 27.6 Å². The highest BCUT2D eigenvalue weighted by molar-refractivity contribution is 5.99. The zero-order valence-electron chi connectivity index (χ0n) is 25.6. The van der Waals surface area contributed by atoms with E-state index in [1.165, 1.54) is 42.6 Å². The molecule has 47 heavy (non-hydrogen) atoms. The number of piperidine rings is 1. The third-order valence-corrected chi connectivity index (χ3v) is 8.78. The Labute approximate surface area is 269 Å². The molecule has 2 aromatic carbocycles. The summed E-state index contributed by atoms with van der Waals surface area (Å²) in [6.07, 6.45) is -2.51. The van der Waals surface area contributed by atoms with Gasteiger partial charge in [-0.2, -0.15) is 0 Å². The van der Waals surface area contributed by atoms with Gasteiger partial charge in [-0.15, -0.1) is 13.2 Å². The molecule has 1 aliphatic carbocycles. The number of nitrogens with one attached hydrogen (secondary N) is 1. The number of alkyl halides is 4. The van der Waals surface area contributed by atoms with Gasteiger partial charge in [0, 0.05) is 69.2 Å². The predicted octanol–water partition coefficient (Wildman–Crippen LogP) is 4.88. The molecule has 0 unspecified atom stereocenters. The molecular formula is C34H35F4N5O4. The summed E-state index contributed by atoms with van der Waals surface area (Å²) in [5.41, 5.74) is 2.89. The van der Waals surface area contributed by atoms with Crippen LogP contribution in [0.2, 0.25) is 0 Å². The molecule has 2 atom stereocenters. The number of piperazine rings is 1. The highest BCUT2D eigenvalue weighted by Crippen LogP contribution is 2.33. The molecule has 3 aliphatic rings. The number of carbonyl (C=O) groups excluding carboxylic acids is 3. The first-order chi connectivity index (χ1) is 22.5. The monoisotopic (exact) mass is 653 g/mol. The summed E-state index contributed by atoms with van der Waals surface area (Å²) in [6.45, 7) is 3.15. The number of rotatable bonds is 9. The quantitative estimate of drug-likeness (QED) is 0.260. The van der Waals surface area contributed by atoms with Gasteiger partial charge in [-0.3, -0.25) is 24.3 Å². The molecular weight excluding hydrogens is 618 g/mol. The largest absolute Gasteiger partial charge is 0.573 e. The molecule has 1 saturated carbocycles. The van der Waals surface area contributed by atoms with Crippen LogP contribution in [-0.2, 0) is 6.54 Å². The number of anilines is 1. The average Bonchev–Trinajstić information content (AvgIpc) is 3.92. The molecule has 3 fully saturated rings. The lowest BCUT2D eigenvalue weighted by molar-refractivity contribution is -0.274. The molecule has 13 heteroatoms. The first-order valence-electron chi connectivity index (χ1n) is 15.7. The Hall–Kier alpha value is -4.52. The van der Waals surface area contributed by atoms with Crippen molar-refractivity contribution in [1.29, 1.82) is 0 Å². The van der Waals surface area contributed by atoms with Gasteiger partial charge in [-0.1, -0.05) is 12.1 Å². The third-order valence-electron chi connectivity index (χ3n) is 8.78. The van der Waals surface area contributed by atoms with Gasteiger partial charge < -0.3 is 19.9 Å². The minimum atomic E-state index is -4.77. The number of ether oxygens (including phenoxy) is 1. The minimum absolute atomic E-state index is 0.0517. The van der Waals surface area contributed by atoms with Crippen molar-refractivity contribution in [3.05, 3.63) is 89.2 Å². The van der Waals surface area contributed by atoms with Crippen molar-refractivity contribution in [3.63, 3.8) is 0 Å². The van der Waals surface area contributed by atoms with Crippen LogP contribution in [0.5, 0.6) is 5.75 Å². The van der Waals surface area contributed by atoms with Crippen molar-refractivity contribution in [3.8, 4) is 5.75 Å². The number of ketones is 1. The summed E-state index contributed by atoms with van der Waals surface area (Å²) >= 11 is 0. The maximum Gasteiger partial charge on any atom is 0.573 e. The van der Waals surface area contributed by atoms with E-state index in [0.29, 0.717) is 51.3 Å². The number of aromatic nitrogens is 1. The number of carbonyl (C=O) groups is 3. The van der Waals surface area contributed by atoms with E-state index in [-0.39, 0.29) is 41.2 Å². The van der Waals surface area contributed by atoms with Crippen LogP contribution in [-0.4, -0.2) is 90.2 Å². The van der Waals surface area contributed by atoms with Crippen molar-refractivity contribution >= 4 is 23.3 Å². The summed E-state index contributed by atoms with van der Waals surface area (Å²) < 4.78 is 56.1. The Morgan fingerprint density at radius 2 is 1.53 bits per heavy atom. The van der Waals surface area contributed by atoms with Gasteiger partial charge in [0.2, 0.25) is 0 Å². The second kappa shape index (κ2) is 13.7. The zero-order valence-corrected chi connectivity index (χ0v) is 25.6. The number of halogens is 4. The van der Waals surface area contributed by atoms with E-state index in [1.54, 1.807) is 4.90 Å². The van der Waals surface area contributed by atoms with Gasteiger partial charge in [0.25, 0.3) is 11.8 Å². The Bertz CT molecular complexity index is 1570. The first-order valence-corrected chi connectivity index (χ1v) is 15.7. The molecule has 1 N–H and O–H groups in total. The molecule has 3 aromatic rings.